The summed E-state index contributed by atoms with van der Waals surface area (Å²) in [6.45, 7) is 4.25. The summed E-state index contributed by atoms with van der Waals surface area (Å²) in [6.07, 6.45) is 3.63. The van der Waals surface area contributed by atoms with Crippen LogP contribution in [0.15, 0.2) is 24.3 Å². The molecule has 1 aromatic carbocycles. The number of hydrogen-bond donors (Lipinski definition) is 0. The van der Waals surface area contributed by atoms with Crippen LogP contribution in [0.3, 0.4) is 0 Å². The van der Waals surface area contributed by atoms with E-state index in [1.807, 2.05) is 18.2 Å². The van der Waals surface area contributed by atoms with Crippen molar-refractivity contribution in [1.29, 1.82) is 0 Å². The number of carbonyl (C=O) groups is 1. The SMILES string of the molecule is CC(C)c1ccc2c(c1)CC=C2C(=O)CS(C)(=O)=O. The largest absolute Gasteiger partial charge is 0.293 e. The lowest BCUT2D eigenvalue weighted by atomic mass is 9.96. The lowest BCUT2D eigenvalue weighted by Crippen LogP contribution is -2.15. The van der Waals surface area contributed by atoms with Crippen molar-refractivity contribution in [3.63, 3.8) is 0 Å². The summed E-state index contributed by atoms with van der Waals surface area (Å²) in [6, 6.07) is 6.05. The van der Waals surface area contributed by atoms with Crippen molar-refractivity contribution in [3.05, 3.63) is 41.0 Å². The van der Waals surface area contributed by atoms with Crippen LogP contribution in [0.4, 0.5) is 0 Å². The van der Waals surface area contributed by atoms with Gasteiger partial charge in [-0.1, -0.05) is 38.1 Å². The van der Waals surface area contributed by atoms with Crippen molar-refractivity contribution >= 4 is 21.2 Å². The van der Waals surface area contributed by atoms with E-state index in [0.717, 1.165) is 17.4 Å². The number of sulfone groups is 1. The molecule has 0 saturated carbocycles. The molecular weight excluding hydrogens is 260 g/mol. The van der Waals surface area contributed by atoms with Crippen LogP contribution in [0, 0.1) is 0 Å². The summed E-state index contributed by atoms with van der Waals surface area (Å²) in [5.41, 5.74) is 3.79. The monoisotopic (exact) mass is 278 g/mol. The summed E-state index contributed by atoms with van der Waals surface area (Å²) in [5.74, 6) is -0.274. The fourth-order valence-corrected chi connectivity index (χ4v) is 2.94. The number of benzene rings is 1. The molecule has 19 heavy (non-hydrogen) atoms. The van der Waals surface area contributed by atoms with Crippen molar-refractivity contribution in [3.8, 4) is 0 Å². The van der Waals surface area contributed by atoms with Crippen LogP contribution in [-0.4, -0.2) is 26.2 Å². The van der Waals surface area contributed by atoms with Crippen LogP contribution < -0.4 is 0 Å². The molecule has 0 N–H and O–H groups in total. The Bertz CT molecular complexity index is 652. The zero-order chi connectivity index (χ0) is 14.2. The van der Waals surface area contributed by atoms with E-state index < -0.39 is 15.6 Å². The molecule has 0 saturated heterocycles. The van der Waals surface area contributed by atoms with Crippen molar-refractivity contribution in [1.82, 2.24) is 0 Å². The van der Waals surface area contributed by atoms with Gasteiger partial charge in [0.15, 0.2) is 15.6 Å². The topological polar surface area (TPSA) is 51.2 Å². The first kappa shape index (κ1) is 14.0. The Balaban J connectivity index is 2.29. The molecule has 3 nitrogen and oxygen atoms in total. The second kappa shape index (κ2) is 4.93. The fraction of sp³-hybridized carbons (Fsp3) is 0.400. The summed E-state index contributed by atoms with van der Waals surface area (Å²) in [5, 5.41) is 0. The molecule has 0 atom stereocenters. The third-order valence-corrected chi connectivity index (χ3v) is 4.09. The molecule has 0 aliphatic heterocycles. The molecule has 1 aliphatic carbocycles. The number of carbonyl (C=O) groups excluding carboxylic acids is 1. The summed E-state index contributed by atoms with van der Waals surface area (Å²) >= 11 is 0. The molecule has 1 aromatic rings. The van der Waals surface area contributed by atoms with E-state index in [2.05, 4.69) is 19.9 Å². The van der Waals surface area contributed by atoms with E-state index in [1.165, 1.54) is 5.56 Å². The van der Waals surface area contributed by atoms with Gasteiger partial charge in [0, 0.05) is 11.8 Å². The number of rotatable bonds is 4. The maximum atomic E-state index is 12.0. The Morgan fingerprint density at radius 1 is 1.32 bits per heavy atom. The van der Waals surface area contributed by atoms with Gasteiger partial charge in [0.05, 0.1) is 0 Å². The highest BCUT2D eigenvalue weighted by Crippen LogP contribution is 2.30. The molecule has 2 rings (SSSR count). The zero-order valence-corrected chi connectivity index (χ0v) is 12.3. The van der Waals surface area contributed by atoms with Gasteiger partial charge in [-0.15, -0.1) is 0 Å². The average Bonchev–Trinajstić information content (AvgIpc) is 2.68. The van der Waals surface area contributed by atoms with E-state index >= 15 is 0 Å². The molecule has 0 aromatic heterocycles. The molecule has 0 radical (unpaired) electrons. The first-order valence-electron chi connectivity index (χ1n) is 6.32. The van der Waals surface area contributed by atoms with Crippen molar-refractivity contribution in [2.75, 3.05) is 12.0 Å². The minimum absolute atomic E-state index is 0.307. The number of allylic oxidation sites excluding steroid dienone is 2. The van der Waals surface area contributed by atoms with Crippen LogP contribution in [-0.2, 0) is 21.1 Å². The second-order valence-corrected chi connectivity index (χ2v) is 7.53. The molecule has 4 heteroatoms. The number of ketones is 1. The van der Waals surface area contributed by atoms with Gasteiger partial charge in [-0.2, -0.15) is 0 Å². The third kappa shape index (κ3) is 3.13. The van der Waals surface area contributed by atoms with Gasteiger partial charge >= 0.3 is 0 Å². The van der Waals surface area contributed by atoms with Gasteiger partial charge < -0.3 is 0 Å². The van der Waals surface area contributed by atoms with Crippen molar-refractivity contribution < 1.29 is 13.2 Å². The molecule has 0 spiro atoms. The molecule has 0 unspecified atom stereocenters. The Labute approximate surface area is 114 Å². The quantitative estimate of drug-likeness (QED) is 0.849. The summed E-state index contributed by atoms with van der Waals surface area (Å²) < 4.78 is 22.4. The van der Waals surface area contributed by atoms with Gasteiger partial charge in [-0.3, -0.25) is 4.79 Å². The maximum absolute atomic E-state index is 12.0. The van der Waals surface area contributed by atoms with E-state index in [-0.39, 0.29) is 5.78 Å². The van der Waals surface area contributed by atoms with Crippen LogP contribution in [0.25, 0.3) is 5.57 Å². The lowest BCUT2D eigenvalue weighted by molar-refractivity contribution is -0.111. The third-order valence-electron chi connectivity index (χ3n) is 3.31. The van der Waals surface area contributed by atoms with Crippen molar-refractivity contribution in [2.45, 2.75) is 26.2 Å². The standard InChI is InChI=1S/C15H18O3S/c1-10(2)11-4-6-13-12(8-11)5-7-14(13)15(16)9-19(3,17)18/h4,6-8,10H,5,9H2,1-3H3. The smallest absolute Gasteiger partial charge is 0.178 e. The Morgan fingerprint density at radius 2 is 2.00 bits per heavy atom. The minimum atomic E-state index is -3.28. The van der Waals surface area contributed by atoms with Gasteiger partial charge in [-0.25, -0.2) is 8.42 Å². The van der Waals surface area contributed by atoms with Crippen molar-refractivity contribution in [2.24, 2.45) is 0 Å². The fourth-order valence-electron chi connectivity index (χ4n) is 2.31. The number of fused-ring (bicyclic) bond motifs is 1. The molecule has 102 valence electrons. The first-order chi connectivity index (χ1) is 8.78. The average molecular weight is 278 g/mol. The van der Waals surface area contributed by atoms with E-state index in [9.17, 15) is 13.2 Å². The molecule has 0 bridgehead atoms. The highest BCUT2D eigenvalue weighted by Gasteiger charge is 2.23. The van der Waals surface area contributed by atoms with Gasteiger partial charge in [0.25, 0.3) is 0 Å². The van der Waals surface area contributed by atoms with Gasteiger partial charge in [0.1, 0.15) is 5.75 Å². The molecule has 0 fully saturated rings. The number of hydrogen-bond acceptors (Lipinski definition) is 3. The molecular formula is C15H18O3S. The lowest BCUT2D eigenvalue weighted by Gasteiger charge is -2.09. The highest BCUT2D eigenvalue weighted by molar-refractivity contribution is 7.91. The molecule has 0 heterocycles. The van der Waals surface area contributed by atoms with Crippen LogP contribution in [0.2, 0.25) is 0 Å². The second-order valence-electron chi connectivity index (χ2n) is 5.39. The first-order valence-corrected chi connectivity index (χ1v) is 8.38. The summed E-state index contributed by atoms with van der Waals surface area (Å²) in [7, 11) is -3.28. The minimum Gasteiger partial charge on any atom is -0.293 e. The van der Waals surface area contributed by atoms with Gasteiger partial charge in [-0.05, 0) is 29.0 Å². The number of Topliss-reactive ketones (excluding diaryl/α,β-unsaturated/α-hetero) is 1. The van der Waals surface area contributed by atoms with Crippen LogP contribution in [0.1, 0.15) is 36.5 Å². The Kier molecular flexibility index (Phi) is 3.63. The Morgan fingerprint density at radius 3 is 2.58 bits per heavy atom. The predicted octanol–water partition coefficient (Wildman–Crippen LogP) is 2.36. The van der Waals surface area contributed by atoms with Crippen LogP contribution in [0.5, 0.6) is 0 Å². The molecule has 1 aliphatic rings. The molecule has 0 amide bonds. The van der Waals surface area contributed by atoms with Crippen LogP contribution >= 0.6 is 0 Å². The predicted molar refractivity (Wildman–Crippen MR) is 76.9 cm³/mol. The highest BCUT2D eigenvalue weighted by atomic mass is 32.2. The Hall–Kier alpha value is -1.42. The van der Waals surface area contributed by atoms with E-state index in [4.69, 9.17) is 0 Å². The maximum Gasteiger partial charge on any atom is 0.178 e. The summed E-state index contributed by atoms with van der Waals surface area (Å²) in [4.78, 5) is 12.0. The van der Waals surface area contributed by atoms with Gasteiger partial charge in [0.2, 0.25) is 0 Å². The van der Waals surface area contributed by atoms with E-state index in [0.29, 0.717) is 17.9 Å². The normalized spacial score (nSPS) is 14.4. The van der Waals surface area contributed by atoms with E-state index in [1.54, 1.807) is 0 Å². The zero-order valence-electron chi connectivity index (χ0n) is 11.4.